The van der Waals surface area contributed by atoms with Crippen molar-refractivity contribution in [2.24, 2.45) is 0 Å². The van der Waals surface area contributed by atoms with E-state index in [0.717, 1.165) is 3.93 Å². The Balaban J connectivity index is 2.66. The first-order valence-corrected chi connectivity index (χ1v) is 6.50. The van der Waals surface area contributed by atoms with Crippen LogP contribution in [0, 0.1) is 0 Å². The van der Waals surface area contributed by atoms with E-state index in [1.54, 1.807) is 0 Å². The summed E-state index contributed by atoms with van der Waals surface area (Å²) in [5, 5.41) is 0. The van der Waals surface area contributed by atoms with Gasteiger partial charge in [-0.25, -0.2) is 0 Å². The Morgan fingerprint density at radius 3 is 2.46 bits per heavy atom. The third-order valence-electron chi connectivity index (χ3n) is 1.43. The van der Waals surface area contributed by atoms with Gasteiger partial charge in [-0.3, -0.25) is 0 Å². The van der Waals surface area contributed by atoms with E-state index in [-0.39, 0.29) is 0 Å². The normalized spacial score (nSPS) is 12.2. The van der Waals surface area contributed by atoms with Crippen LogP contribution in [0.2, 0.25) is 4.82 Å². The Hall–Kier alpha value is -0.231. The zero-order valence-electron chi connectivity index (χ0n) is 7.83. The molecule has 1 rings (SSSR count). The zero-order chi connectivity index (χ0) is 9.68. The minimum atomic E-state index is 0.414. The molecule has 70 valence electrons. The van der Waals surface area contributed by atoms with Crippen LogP contribution < -0.4 is 0 Å². The molecule has 0 amide bonds. The molecule has 1 aromatic carbocycles. The number of benzene rings is 1. The van der Waals surface area contributed by atoms with E-state index in [4.69, 9.17) is 11.6 Å². The van der Waals surface area contributed by atoms with Crippen LogP contribution in [-0.2, 0) is 0 Å². The summed E-state index contributed by atoms with van der Waals surface area (Å²) < 4.78 is 0.994. The molecule has 0 bridgehead atoms. The van der Waals surface area contributed by atoms with Gasteiger partial charge in [-0.15, -0.1) is 0 Å². The van der Waals surface area contributed by atoms with Crippen LogP contribution in [-0.4, -0.2) is 15.0 Å². The molecule has 0 heterocycles. The van der Waals surface area contributed by atoms with Crippen molar-refractivity contribution in [3.8, 4) is 0 Å². The molecule has 0 aromatic heterocycles. The molecule has 0 nitrogen and oxygen atoms in total. The molecule has 0 fully saturated rings. The second-order valence-corrected chi connectivity index (χ2v) is 7.34. The zero-order valence-corrected chi connectivity index (χ0v) is 10.3. The van der Waals surface area contributed by atoms with Crippen molar-refractivity contribution in [1.29, 1.82) is 0 Å². The number of hydrogen-bond acceptors (Lipinski definition) is 0. The van der Waals surface area contributed by atoms with Gasteiger partial charge in [0.05, 0.1) is 0 Å². The molecule has 0 N–H and O–H groups in total. The molecular weight excluding hydrogens is 247 g/mol. The van der Waals surface area contributed by atoms with Gasteiger partial charge in [-0.1, -0.05) is 0 Å². The quantitative estimate of drug-likeness (QED) is 0.725. The first-order valence-electron chi connectivity index (χ1n) is 4.27. The molecule has 0 atom stereocenters. The minimum absolute atomic E-state index is 0.414. The topological polar surface area (TPSA) is 0 Å². The molecule has 0 aliphatic rings. The van der Waals surface area contributed by atoms with Crippen LogP contribution in [0.1, 0.15) is 19.4 Å². The Kier molecular flexibility index (Phi) is 4.58. The van der Waals surface area contributed by atoms with Crippen LogP contribution in [0.15, 0.2) is 34.3 Å². The molecule has 0 aliphatic carbocycles. The van der Waals surface area contributed by atoms with Crippen LogP contribution in [0.4, 0.5) is 0 Å². The van der Waals surface area contributed by atoms with Gasteiger partial charge in [0.25, 0.3) is 0 Å². The van der Waals surface area contributed by atoms with Gasteiger partial charge in [-0.2, -0.15) is 0 Å². The molecule has 0 saturated carbocycles. The molecule has 0 saturated heterocycles. The Morgan fingerprint density at radius 1 is 1.31 bits per heavy atom. The van der Waals surface area contributed by atoms with E-state index in [1.165, 1.54) is 5.56 Å². The fourth-order valence-corrected chi connectivity index (χ4v) is 3.36. The standard InChI is InChI=1S/C11H13ClSe/c1-9(2)13-11(12)8-10-6-4-3-5-7-10/h3-9H,1-2H3/b11-8-. The van der Waals surface area contributed by atoms with Crippen molar-refractivity contribution in [3.63, 3.8) is 0 Å². The summed E-state index contributed by atoms with van der Waals surface area (Å²) in [5.41, 5.74) is 1.19. The van der Waals surface area contributed by atoms with Gasteiger partial charge < -0.3 is 0 Å². The fourth-order valence-electron chi connectivity index (χ4n) is 0.939. The third-order valence-corrected chi connectivity index (χ3v) is 3.71. The van der Waals surface area contributed by atoms with Gasteiger partial charge in [0.15, 0.2) is 0 Å². The summed E-state index contributed by atoms with van der Waals surface area (Å²) in [5.74, 6) is 0. The van der Waals surface area contributed by atoms with Gasteiger partial charge >= 0.3 is 91.1 Å². The number of rotatable bonds is 3. The van der Waals surface area contributed by atoms with E-state index in [1.807, 2.05) is 18.2 Å². The van der Waals surface area contributed by atoms with Crippen LogP contribution in [0.3, 0.4) is 0 Å². The average Bonchev–Trinajstić information content (AvgIpc) is 2.04. The first-order chi connectivity index (χ1) is 6.18. The maximum absolute atomic E-state index is 6.10. The van der Waals surface area contributed by atoms with Crippen LogP contribution in [0.5, 0.6) is 0 Å². The molecule has 1 aromatic rings. The van der Waals surface area contributed by atoms with E-state index < -0.39 is 0 Å². The Morgan fingerprint density at radius 2 is 1.92 bits per heavy atom. The number of hydrogen-bond donors (Lipinski definition) is 0. The van der Waals surface area contributed by atoms with Crippen molar-refractivity contribution >= 4 is 32.6 Å². The number of halogens is 1. The molecule has 0 spiro atoms. The molecule has 0 radical (unpaired) electrons. The van der Waals surface area contributed by atoms with Crippen LogP contribution in [0.25, 0.3) is 6.08 Å². The molecule has 2 heteroatoms. The van der Waals surface area contributed by atoms with Crippen molar-refractivity contribution in [1.82, 2.24) is 0 Å². The summed E-state index contributed by atoms with van der Waals surface area (Å²) in [7, 11) is 0. The monoisotopic (exact) mass is 260 g/mol. The summed E-state index contributed by atoms with van der Waals surface area (Å²) in [6.07, 6.45) is 2.06. The molecule has 0 unspecified atom stereocenters. The van der Waals surface area contributed by atoms with Gasteiger partial charge in [-0.05, 0) is 0 Å². The Bertz CT molecular complexity index is 277. The second-order valence-electron chi connectivity index (χ2n) is 3.03. The summed E-state index contributed by atoms with van der Waals surface area (Å²) in [6, 6.07) is 10.2. The predicted molar refractivity (Wildman–Crippen MR) is 61.1 cm³/mol. The van der Waals surface area contributed by atoms with Crippen molar-refractivity contribution in [2.45, 2.75) is 18.7 Å². The molecule has 13 heavy (non-hydrogen) atoms. The van der Waals surface area contributed by atoms with E-state index in [9.17, 15) is 0 Å². The van der Waals surface area contributed by atoms with Gasteiger partial charge in [0.1, 0.15) is 0 Å². The third kappa shape index (κ3) is 4.52. The summed E-state index contributed by atoms with van der Waals surface area (Å²) >= 11 is 6.51. The maximum atomic E-state index is 6.10. The van der Waals surface area contributed by atoms with Gasteiger partial charge in [0, 0.05) is 0 Å². The van der Waals surface area contributed by atoms with Crippen LogP contribution >= 0.6 is 11.6 Å². The Labute approximate surface area is 91.2 Å². The average molecular weight is 260 g/mol. The summed E-state index contributed by atoms with van der Waals surface area (Å²) in [6.45, 7) is 4.39. The predicted octanol–water partition coefficient (Wildman–Crippen LogP) is 3.76. The van der Waals surface area contributed by atoms with Crippen molar-refractivity contribution in [2.75, 3.05) is 0 Å². The van der Waals surface area contributed by atoms with Crippen molar-refractivity contribution < 1.29 is 0 Å². The SMILES string of the molecule is CC(C)[Se]/C(Cl)=C\c1ccccc1. The van der Waals surface area contributed by atoms with Crippen molar-refractivity contribution in [3.05, 3.63) is 39.8 Å². The first kappa shape index (κ1) is 10.8. The fraction of sp³-hybridized carbons (Fsp3) is 0.273. The van der Waals surface area contributed by atoms with Gasteiger partial charge in [0.2, 0.25) is 0 Å². The van der Waals surface area contributed by atoms with E-state index in [2.05, 4.69) is 32.1 Å². The summed E-state index contributed by atoms with van der Waals surface area (Å²) in [4.78, 5) is 0.681. The van der Waals surface area contributed by atoms with E-state index in [0.29, 0.717) is 19.8 Å². The van der Waals surface area contributed by atoms with E-state index >= 15 is 0 Å². The molecular formula is C11H13ClSe. The second kappa shape index (κ2) is 5.49. The molecule has 0 aliphatic heterocycles.